The molecule has 0 spiro atoms. The predicted octanol–water partition coefficient (Wildman–Crippen LogP) is 3.66. The Bertz CT molecular complexity index is 752. The minimum atomic E-state index is -0.734. The first-order valence-electron chi connectivity index (χ1n) is 7.08. The Morgan fingerprint density at radius 3 is 2.59 bits per heavy atom. The third-order valence-corrected chi connectivity index (χ3v) is 3.80. The van der Waals surface area contributed by atoms with E-state index in [2.05, 4.69) is 0 Å². The molecule has 2 aromatic carbocycles. The first-order chi connectivity index (χ1) is 10.6. The highest BCUT2D eigenvalue weighted by atomic mass is 16.6. The van der Waals surface area contributed by atoms with Crippen molar-refractivity contribution >= 4 is 17.5 Å². The zero-order chi connectivity index (χ0) is 15.7. The summed E-state index contributed by atoms with van der Waals surface area (Å²) in [7, 11) is 1.67. The number of rotatable bonds is 2. The molecule has 0 aliphatic heterocycles. The number of amides is 1. The Kier molecular flexibility index (Phi) is 3.69. The maximum absolute atomic E-state index is 12.3. The van der Waals surface area contributed by atoms with E-state index in [-0.39, 0.29) is 0 Å². The van der Waals surface area contributed by atoms with Gasteiger partial charge in [0, 0.05) is 18.3 Å². The van der Waals surface area contributed by atoms with Gasteiger partial charge >= 0.3 is 6.09 Å². The maximum atomic E-state index is 12.3. The monoisotopic (exact) mass is 295 g/mol. The number of carbonyl (C=O) groups is 1. The van der Waals surface area contributed by atoms with Gasteiger partial charge in [-0.3, -0.25) is 4.90 Å². The van der Waals surface area contributed by atoms with Gasteiger partial charge < -0.3 is 9.84 Å². The SMILES string of the molecule is Cc1ccccc1N(C)C(=O)OC1=CC(O)c2ccccc21. The number of fused-ring (bicyclic) bond motifs is 1. The van der Waals surface area contributed by atoms with Crippen molar-refractivity contribution in [1.82, 2.24) is 0 Å². The zero-order valence-corrected chi connectivity index (χ0v) is 12.5. The lowest BCUT2D eigenvalue weighted by molar-refractivity contribution is 0.200. The van der Waals surface area contributed by atoms with Crippen molar-refractivity contribution in [3.05, 3.63) is 71.3 Å². The smallest absolute Gasteiger partial charge is 0.410 e. The molecule has 1 atom stereocenters. The van der Waals surface area contributed by atoms with Crippen LogP contribution in [-0.2, 0) is 4.74 Å². The van der Waals surface area contributed by atoms with Crippen molar-refractivity contribution < 1.29 is 14.6 Å². The first kappa shape index (κ1) is 14.4. The Labute approximate surface area is 129 Å². The van der Waals surface area contributed by atoms with Gasteiger partial charge in [-0.1, -0.05) is 42.5 Å². The van der Waals surface area contributed by atoms with E-state index < -0.39 is 12.2 Å². The highest BCUT2D eigenvalue weighted by Gasteiger charge is 2.25. The molecular weight excluding hydrogens is 278 g/mol. The van der Waals surface area contributed by atoms with Crippen LogP contribution in [-0.4, -0.2) is 18.2 Å². The summed E-state index contributed by atoms with van der Waals surface area (Å²) in [6.45, 7) is 1.94. The van der Waals surface area contributed by atoms with Crippen LogP contribution in [0.15, 0.2) is 54.6 Å². The van der Waals surface area contributed by atoms with E-state index in [9.17, 15) is 9.90 Å². The molecule has 1 unspecified atom stereocenters. The number of hydrogen-bond acceptors (Lipinski definition) is 3. The number of benzene rings is 2. The molecule has 1 aliphatic carbocycles. The lowest BCUT2D eigenvalue weighted by Crippen LogP contribution is -2.27. The highest BCUT2D eigenvalue weighted by molar-refractivity contribution is 5.92. The summed E-state index contributed by atoms with van der Waals surface area (Å²) in [5.41, 5.74) is 3.29. The van der Waals surface area contributed by atoms with Crippen LogP contribution in [0.4, 0.5) is 10.5 Å². The number of hydrogen-bond donors (Lipinski definition) is 1. The van der Waals surface area contributed by atoms with Gasteiger partial charge in [0.15, 0.2) is 0 Å². The molecule has 0 radical (unpaired) electrons. The molecule has 0 saturated carbocycles. The minimum absolute atomic E-state index is 0.397. The summed E-state index contributed by atoms with van der Waals surface area (Å²) in [5.74, 6) is 0.397. The second-order valence-corrected chi connectivity index (χ2v) is 5.28. The van der Waals surface area contributed by atoms with E-state index in [1.165, 1.54) is 4.90 Å². The van der Waals surface area contributed by atoms with Gasteiger partial charge in [0.1, 0.15) is 11.9 Å². The van der Waals surface area contributed by atoms with Crippen LogP contribution >= 0.6 is 0 Å². The van der Waals surface area contributed by atoms with Crippen LogP contribution in [0.25, 0.3) is 5.76 Å². The molecule has 0 bridgehead atoms. The van der Waals surface area contributed by atoms with E-state index in [1.54, 1.807) is 13.1 Å². The summed E-state index contributed by atoms with van der Waals surface area (Å²) in [5, 5.41) is 9.98. The third-order valence-electron chi connectivity index (χ3n) is 3.80. The molecule has 112 valence electrons. The predicted molar refractivity (Wildman–Crippen MR) is 85.4 cm³/mol. The molecule has 22 heavy (non-hydrogen) atoms. The van der Waals surface area contributed by atoms with Crippen molar-refractivity contribution in [3.8, 4) is 0 Å². The van der Waals surface area contributed by atoms with E-state index in [4.69, 9.17) is 4.74 Å². The first-order valence-corrected chi connectivity index (χ1v) is 7.08. The second-order valence-electron chi connectivity index (χ2n) is 5.28. The third kappa shape index (κ3) is 2.49. The number of aliphatic hydroxyl groups is 1. The maximum Gasteiger partial charge on any atom is 0.419 e. The lowest BCUT2D eigenvalue weighted by Gasteiger charge is -2.19. The molecule has 1 aliphatic rings. The Morgan fingerprint density at radius 2 is 1.82 bits per heavy atom. The molecule has 1 N–H and O–H groups in total. The van der Waals surface area contributed by atoms with Gasteiger partial charge in [-0.15, -0.1) is 0 Å². The van der Waals surface area contributed by atoms with Crippen molar-refractivity contribution in [3.63, 3.8) is 0 Å². The zero-order valence-electron chi connectivity index (χ0n) is 12.5. The molecule has 4 nitrogen and oxygen atoms in total. The molecule has 3 rings (SSSR count). The number of ether oxygens (including phenoxy) is 1. The van der Waals surface area contributed by atoms with Crippen LogP contribution in [0.2, 0.25) is 0 Å². The molecule has 1 amide bonds. The summed E-state index contributed by atoms with van der Waals surface area (Å²) < 4.78 is 5.47. The fraction of sp³-hybridized carbons (Fsp3) is 0.167. The van der Waals surface area contributed by atoms with Gasteiger partial charge in [0.05, 0.1) is 0 Å². The number of aryl methyl sites for hydroxylation is 1. The standard InChI is InChI=1S/C18H17NO3/c1-12-7-3-6-10-15(12)19(2)18(21)22-17-11-16(20)13-8-4-5-9-14(13)17/h3-11,16,20H,1-2H3. The Hall–Kier alpha value is -2.59. The van der Waals surface area contributed by atoms with Gasteiger partial charge in [-0.05, 0) is 30.2 Å². The van der Waals surface area contributed by atoms with Crippen LogP contribution in [0.3, 0.4) is 0 Å². The van der Waals surface area contributed by atoms with Crippen LogP contribution in [0, 0.1) is 6.92 Å². The molecule has 0 fully saturated rings. The highest BCUT2D eigenvalue weighted by Crippen LogP contribution is 2.35. The Balaban J connectivity index is 1.81. The van der Waals surface area contributed by atoms with Gasteiger partial charge in [0.25, 0.3) is 0 Å². The van der Waals surface area contributed by atoms with Crippen molar-refractivity contribution in [2.45, 2.75) is 13.0 Å². The quantitative estimate of drug-likeness (QED) is 0.920. The average molecular weight is 295 g/mol. The lowest BCUT2D eigenvalue weighted by atomic mass is 10.1. The van der Waals surface area contributed by atoms with Crippen molar-refractivity contribution in [1.29, 1.82) is 0 Å². The van der Waals surface area contributed by atoms with Gasteiger partial charge in [0.2, 0.25) is 0 Å². The number of aliphatic hydroxyl groups excluding tert-OH is 1. The number of anilines is 1. The van der Waals surface area contributed by atoms with Crippen LogP contribution in [0.5, 0.6) is 0 Å². The topological polar surface area (TPSA) is 49.8 Å². The summed E-state index contributed by atoms with van der Waals surface area (Å²) in [6, 6.07) is 14.9. The van der Waals surface area contributed by atoms with Crippen LogP contribution in [0.1, 0.15) is 22.8 Å². The number of carbonyl (C=O) groups excluding carboxylic acids is 1. The second kappa shape index (κ2) is 5.66. The normalized spacial score (nSPS) is 16.0. The summed E-state index contributed by atoms with van der Waals surface area (Å²) in [4.78, 5) is 13.8. The summed E-state index contributed by atoms with van der Waals surface area (Å²) >= 11 is 0. The van der Waals surface area contributed by atoms with E-state index in [0.717, 1.165) is 22.4 Å². The largest absolute Gasteiger partial charge is 0.419 e. The van der Waals surface area contributed by atoms with Gasteiger partial charge in [-0.25, -0.2) is 4.79 Å². The molecular formula is C18H17NO3. The number of para-hydroxylation sites is 1. The summed E-state index contributed by atoms with van der Waals surface area (Å²) in [6.07, 6.45) is 0.334. The van der Waals surface area contributed by atoms with E-state index >= 15 is 0 Å². The van der Waals surface area contributed by atoms with E-state index in [1.807, 2.05) is 55.5 Å². The van der Waals surface area contributed by atoms with Crippen molar-refractivity contribution in [2.75, 3.05) is 11.9 Å². The number of nitrogens with zero attached hydrogens (tertiary/aromatic N) is 1. The molecule has 4 heteroatoms. The minimum Gasteiger partial charge on any atom is -0.410 e. The fourth-order valence-corrected chi connectivity index (χ4v) is 2.59. The van der Waals surface area contributed by atoms with Gasteiger partial charge in [-0.2, -0.15) is 0 Å². The molecule has 0 aromatic heterocycles. The molecule has 2 aromatic rings. The molecule has 0 saturated heterocycles. The van der Waals surface area contributed by atoms with Crippen LogP contribution < -0.4 is 4.90 Å². The molecule has 0 heterocycles. The van der Waals surface area contributed by atoms with Crippen molar-refractivity contribution in [2.24, 2.45) is 0 Å². The Morgan fingerprint density at radius 1 is 1.14 bits per heavy atom. The fourth-order valence-electron chi connectivity index (χ4n) is 2.59. The van der Waals surface area contributed by atoms with E-state index in [0.29, 0.717) is 5.76 Å². The average Bonchev–Trinajstić information content (AvgIpc) is 2.84.